The quantitative estimate of drug-likeness (QED) is 0.746. The number of hydrazone groups is 1. The summed E-state index contributed by atoms with van der Waals surface area (Å²) in [6.45, 7) is 3.90. The van der Waals surface area contributed by atoms with Crippen molar-refractivity contribution < 1.29 is 14.3 Å². The molecule has 0 fully saturated rings. The standard InChI is InChI=1S/C22H22N4O3S/c1-14-7-8-15(2)18(11-14)19(27)13-30-22-24-23-20-21(28)25(9-10-26(20)22)16-5-4-6-17(12-16)29-3/h4-12,20,23H,13H2,1-3H3. The molecule has 0 aliphatic carbocycles. The molecule has 30 heavy (non-hydrogen) atoms. The van der Waals surface area contributed by atoms with E-state index in [-0.39, 0.29) is 17.4 Å². The second-order valence-corrected chi connectivity index (χ2v) is 8.01. The Balaban J connectivity index is 1.45. The van der Waals surface area contributed by atoms with Crippen LogP contribution in [-0.2, 0) is 4.79 Å². The summed E-state index contributed by atoms with van der Waals surface area (Å²) in [5.41, 5.74) is 6.32. The highest BCUT2D eigenvalue weighted by Crippen LogP contribution is 2.28. The van der Waals surface area contributed by atoms with E-state index in [2.05, 4.69) is 10.5 Å². The van der Waals surface area contributed by atoms with Crippen molar-refractivity contribution in [1.82, 2.24) is 10.3 Å². The van der Waals surface area contributed by atoms with Crippen molar-refractivity contribution in [2.45, 2.75) is 20.0 Å². The minimum Gasteiger partial charge on any atom is -0.497 e. The third kappa shape index (κ3) is 3.78. The van der Waals surface area contributed by atoms with Crippen LogP contribution >= 0.6 is 11.8 Å². The minimum atomic E-state index is -0.639. The maximum atomic E-state index is 13.0. The SMILES string of the molecule is COc1cccc(N2C=CN3C(SCC(=O)c4cc(C)ccc4C)=NNC3C2=O)c1. The lowest BCUT2D eigenvalue weighted by Gasteiger charge is -2.32. The summed E-state index contributed by atoms with van der Waals surface area (Å²) in [4.78, 5) is 29.0. The number of Topliss-reactive ketones (excluding diaryl/α,β-unsaturated/α-hetero) is 1. The number of fused-ring (bicyclic) bond motifs is 1. The van der Waals surface area contributed by atoms with Gasteiger partial charge in [0.2, 0.25) is 6.17 Å². The first-order valence-electron chi connectivity index (χ1n) is 9.48. The van der Waals surface area contributed by atoms with Crippen molar-refractivity contribution in [2.24, 2.45) is 5.10 Å². The van der Waals surface area contributed by atoms with E-state index in [0.29, 0.717) is 16.6 Å². The number of benzene rings is 2. The molecule has 0 aromatic heterocycles. The summed E-state index contributed by atoms with van der Waals surface area (Å²) in [6, 6.07) is 13.2. The zero-order chi connectivity index (χ0) is 21.3. The topological polar surface area (TPSA) is 74.2 Å². The van der Waals surface area contributed by atoms with Gasteiger partial charge in [0.1, 0.15) is 5.75 Å². The molecular weight excluding hydrogens is 400 g/mol. The molecule has 0 spiro atoms. The van der Waals surface area contributed by atoms with Crippen LogP contribution in [0.25, 0.3) is 0 Å². The Morgan fingerprint density at radius 3 is 2.83 bits per heavy atom. The van der Waals surface area contributed by atoms with Crippen LogP contribution in [0.2, 0.25) is 0 Å². The Morgan fingerprint density at radius 2 is 2.03 bits per heavy atom. The number of methoxy groups -OCH3 is 1. The van der Waals surface area contributed by atoms with E-state index in [9.17, 15) is 9.59 Å². The van der Waals surface area contributed by atoms with Crippen LogP contribution in [0.4, 0.5) is 5.69 Å². The molecule has 0 radical (unpaired) electrons. The van der Waals surface area contributed by atoms with Crippen molar-refractivity contribution in [1.29, 1.82) is 0 Å². The molecule has 2 aliphatic heterocycles. The van der Waals surface area contributed by atoms with Gasteiger partial charge >= 0.3 is 0 Å². The normalized spacial score (nSPS) is 17.5. The van der Waals surface area contributed by atoms with Crippen LogP contribution in [0.15, 0.2) is 60.0 Å². The Labute approximate surface area is 179 Å². The lowest BCUT2D eigenvalue weighted by atomic mass is 10.0. The van der Waals surface area contributed by atoms with E-state index >= 15 is 0 Å². The molecule has 1 N–H and O–H groups in total. The predicted molar refractivity (Wildman–Crippen MR) is 119 cm³/mol. The van der Waals surface area contributed by atoms with E-state index < -0.39 is 6.17 Å². The molecule has 2 heterocycles. The smallest absolute Gasteiger partial charge is 0.276 e. The molecule has 0 bridgehead atoms. The van der Waals surface area contributed by atoms with E-state index in [1.165, 1.54) is 11.8 Å². The second kappa shape index (κ2) is 8.23. The number of hydrogen-bond donors (Lipinski definition) is 1. The third-order valence-electron chi connectivity index (χ3n) is 4.99. The molecule has 2 aromatic carbocycles. The molecule has 2 aliphatic rings. The van der Waals surface area contributed by atoms with Crippen molar-refractivity contribution in [3.8, 4) is 5.75 Å². The number of aryl methyl sites for hydroxylation is 2. The summed E-state index contributed by atoms with van der Waals surface area (Å²) < 4.78 is 5.25. The van der Waals surface area contributed by atoms with Crippen molar-refractivity contribution in [3.05, 3.63) is 71.6 Å². The van der Waals surface area contributed by atoms with Crippen LogP contribution in [0.3, 0.4) is 0 Å². The lowest BCUT2D eigenvalue weighted by Crippen LogP contribution is -2.52. The van der Waals surface area contributed by atoms with Crippen LogP contribution in [0, 0.1) is 13.8 Å². The van der Waals surface area contributed by atoms with E-state index in [1.807, 2.05) is 50.2 Å². The summed E-state index contributed by atoms with van der Waals surface area (Å²) in [7, 11) is 1.59. The van der Waals surface area contributed by atoms with E-state index in [0.717, 1.165) is 16.7 Å². The molecule has 154 valence electrons. The van der Waals surface area contributed by atoms with Gasteiger partial charge < -0.3 is 4.74 Å². The first-order valence-corrected chi connectivity index (χ1v) is 10.5. The van der Waals surface area contributed by atoms with E-state index in [4.69, 9.17) is 4.74 Å². The summed E-state index contributed by atoms with van der Waals surface area (Å²) in [5.74, 6) is 0.798. The monoisotopic (exact) mass is 422 g/mol. The molecule has 4 rings (SSSR count). The zero-order valence-corrected chi connectivity index (χ0v) is 17.8. The Hall–Kier alpha value is -3.26. The van der Waals surface area contributed by atoms with Gasteiger partial charge in [0.25, 0.3) is 5.91 Å². The molecule has 1 atom stereocenters. The fourth-order valence-electron chi connectivity index (χ4n) is 3.34. The number of anilines is 1. The second-order valence-electron chi connectivity index (χ2n) is 7.07. The van der Waals surface area contributed by atoms with Gasteiger partial charge in [0, 0.05) is 24.0 Å². The highest BCUT2D eigenvalue weighted by atomic mass is 32.2. The van der Waals surface area contributed by atoms with Crippen molar-refractivity contribution >= 4 is 34.3 Å². The number of nitrogens with one attached hydrogen (secondary N) is 1. The number of ketones is 1. The first-order chi connectivity index (χ1) is 14.5. The maximum absolute atomic E-state index is 13.0. The van der Waals surface area contributed by atoms with Crippen LogP contribution in [0.5, 0.6) is 5.75 Å². The molecule has 1 unspecified atom stereocenters. The van der Waals surface area contributed by atoms with Gasteiger partial charge in [0.15, 0.2) is 11.0 Å². The van der Waals surface area contributed by atoms with Gasteiger partial charge in [-0.15, -0.1) is 0 Å². The molecule has 2 aromatic rings. The number of nitrogens with zero attached hydrogens (tertiary/aromatic N) is 3. The van der Waals surface area contributed by atoms with Crippen LogP contribution < -0.4 is 15.1 Å². The number of rotatable bonds is 5. The number of carbonyl (C=O) groups excluding carboxylic acids is 2. The van der Waals surface area contributed by atoms with Gasteiger partial charge in [-0.25, -0.2) is 0 Å². The maximum Gasteiger partial charge on any atom is 0.276 e. The lowest BCUT2D eigenvalue weighted by molar-refractivity contribution is -0.122. The van der Waals surface area contributed by atoms with Crippen molar-refractivity contribution in [3.63, 3.8) is 0 Å². The molecular formula is C22H22N4O3S. The molecule has 1 amide bonds. The number of carbonyl (C=O) groups is 2. The van der Waals surface area contributed by atoms with Crippen LogP contribution in [0.1, 0.15) is 21.5 Å². The molecule has 7 nitrogen and oxygen atoms in total. The predicted octanol–water partition coefficient (Wildman–Crippen LogP) is 3.25. The Kier molecular flexibility index (Phi) is 5.50. The Morgan fingerprint density at radius 1 is 1.20 bits per heavy atom. The highest BCUT2D eigenvalue weighted by Gasteiger charge is 2.38. The number of amides is 1. The average Bonchev–Trinajstić information content (AvgIpc) is 3.18. The van der Waals surface area contributed by atoms with Gasteiger partial charge in [-0.1, -0.05) is 35.5 Å². The van der Waals surface area contributed by atoms with Gasteiger partial charge in [-0.2, -0.15) is 5.10 Å². The van der Waals surface area contributed by atoms with E-state index in [1.54, 1.807) is 35.4 Å². The summed E-state index contributed by atoms with van der Waals surface area (Å²) >= 11 is 1.31. The van der Waals surface area contributed by atoms with Gasteiger partial charge in [-0.3, -0.25) is 24.8 Å². The highest BCUT2D eigenvalue weighted by molar-refractivity contribution is 8.14. The fraction of sp³-hybridized carbons (Fsp3) is 0.227. The zero-order valence-electron chi connectivity index (χ0n) is 17.0. The summed E-state index contributed by atoms with van der Waals surface area (Å²) in [6.07, 6.45) is 2.85. The van der Waals surface area contributed by atoms with Crippen LogP contribution in [-0.4, -0.2) is 40.8 Å². The fourth-order valence-corrected chi connectivity index (χ4v) is 4.19. The van der Waals surface area contributed by atoms with Crippen molar-refractivity contribution in [2.75, 3.05) is 17.8 Å². The molecule has 8 heteroatoms. The number of amidine groups is 1. The third-order valence-corrected chi connectivity index (χ3v) is 5.95. The molecule has 0 saturated carbocycles. The number of ether oxygens (including phenoxy) is 1. The number of thioether (sulfide) groups is 1. The summed E-state index contributed by atoms with van der Waals surface area (Å²) in [5, 5.41) is 4.87. The first kappa shape index (κ1) is 20.0. The largest absolute Gasteiger partial charge is 0.497 e. The average molecular weight is 423 g/mol. The van der Waals surface area contributed by atoms with Gasteiger partial charge in [0.05, 0.1) is 18.6 Å². The number of hydrogen-bond acceptors (Lipinski definition) is 7. The molecule has 0 saturated heterocycles. The van der Waals surface area contributed by atoms with Gasteiger partial charge in [-0.05, 0) is 37.6 Å². The minimum absolute atomic E-state index is 0.0395. The Bertz CT molecular complexity index is 1070.